The van der Waals surface area contributed by atoms with Crippen molar-refractivity contribution in [1.82, 2.24) is 0 Å². The van der Waals surface area contributed by atoms with E-state index in [0.29, 0.717) is 0 Å². The van der Waals surface area contributed by atoms with Gasteiger partial charge in [0.2, 0.25) is 0 Å². The molecule has 2 aromatic carbocycles. The summed E-state index contributed by atoms with van der Waals surface area (Å²) in [7, 11) is -0.418. The van der Waals surface area contributed by atoms with Gasteiger partial charge in [-0.15, -0.1) is 0 Å². The highest BCUT2D eigenvalue weighted by molar-refractivity contribution is 7.71. The van der Waals surface area contributed by atoms with E-state index in [1.165, 1.54) is 22.0 Å². The molecule has 25 heavy (non-hydrogen) atoms. The zero-order valence-corrected chi connectivity index (χ0v) is 17.4. The third kappa shape index (κ3) is 3.65. The number of fused-ring (bicyclic) bond motifs is 1. The Kier molecular flexibility index (Phi) is 6.79. The Morgan fingerprint density at radius 1 is 0.920 bits per heavy atom. The van der Waals surface area contributed by atoms with E-state index in [9.17, 15) is 0 Å². The summed E-state index contributed by atoms with van der Waals surface area (Å²) in [6.45, 7) is 13.2. The summed E-state index contributed by atoms with van der Waals surface area (Å²) in [6, 6.07) is 20.1. The van der Waals surface area contributed by atoms with Crippen LogP contribution in [0.15, 0.2) is 72.1 Å². The SMILES string of the molecule is CC.CC=CC1=C(CC)c2ccccc2C(C)(C)P1c1ccccc1. The Morgan fingerprint density at radius 3 is 2.12 bits per heavy atom. The molecule has 0 radical (unpaired) electrons. The van der Waals surface area contributed by atoms with Gasteiger partial charge in [-0.25, -0.2) is 0 Å². The lowest BCUT2D eigenvalue weighted by Gasteiger charge is -2.43. The van der Waals surface area contributed by atoms with Gasteiger partial charge in [0.15, 0.2) is 0 Å². The lowest BCUT2D eigenvalue weighted by atomic mass is 9.89. The van der Waals surface area contributed by atoms with Crippen LogP contribution in [-0.4, -0.2) is 0 Å². The molecule has 0 saturated heterocycles. The van der Waals surface area contributed by atoms with Gasteiger partial charge >= 0.3 is 0 Å². The van der Waals surface area contributed by atoms with Crippen molar-refractivity contribution in [2.45, 2.75) is 53.1 Å². The van der Waals surface area contributed by atoms with Crippen LogP contribution in [0.2, 0.25) is 0 Å². The summed E-state index contributed by atoms with van der Waals surface area (Å²) in [5.41, 5.74) is 4.47. The molecule has 1 heteroatoms. The first-order valence-corrected chi connectivity index (χ1v) is 10.8. The van der Waals surface area contributed by atoms with E-state index in [-0.39, 0.29) is 5.16 Å². The second-order valence-electron chi connectivity index (χ2n) is 6.49. The largest absolute Gasteiger partial charge is 0.0870 e. The van der Waals surface area contributed by atoms with Gasteiger partial charge in [-0.3, -0.25) is 0 Å². The van der Waals surface area contributed by atoms with Crippen LogP contribution in [0.5, 0.6) is 0 Å². The Morgan fingerprint density at radius 2 is 1.52 bits per heavy atom. The van der Waals surface area contributed by atoms with Gasteiger partial charge in [-0.05, 0) is 48.6 Å². The van der Waals surface area contributed by atoms with E-state index in [4.69, 9.17) is 0 Å². The van der Waals surface area contributed by atoms with Crippen molar-refractivity contribution in [3.8, 4) is 0 Å². The number of allylic oxidation sites excluding steroid dienone is 4. The maximum atomic E-state index is 2.42. The minimum Gasteiger partial charge on any atom is -0.0870 e. The lowest BCUT2D eigenvalue weighted by Crippen LogP contribution is -2.26. The van der Waals surface area contributed by atoms with E-state index >= 15 is 0 Å². The number of hydrogen-bond acceptors (Lipinski definition) is 0. The van der Waals surface area contributed by atoms with E-state index in [0.717, 1.165) is 6.42 Å². The molecule has 1 heterocycles. The van der Waals surface area contributed by atoms with Gasteiger partial charge in [0.1, 0.15) is 0 Å². The highest BCUT2D eigenvalue weighted by atomic mass is 31.1. The molecule has 1 aliphatic heterocycles. The van der Waals surface area contributed by atoms with Crippen LogP contribution in [0.3, 0.4) is 0 Å². The van der Waals surface area contributed by atoms with Gasteiger partial charge in [0, 0.05) is 5.16 Å². The molecule has 0 aliphatic carbocycles. The normalized spacial score (nSPS) is 18.6. The molecular formula is C24H31P. The minimum atomic E-state index is -0.418. The maximum Gasteiger partial charge on any atom is 0.0184 e. The van der Waals surface area contributed by atoms with Crippen LogP contribution in [0, 0.1) is 0 Å². The molecule has 3 rings (SSSR count). The highest BCUT2D eigenvalue weighted by Crippen LogP contribution is 2.66. The molecular weight excluding hydrogens is 319 g/mol. The number of hydrogen-bond donors (Lipinski definition) is 0. The van der Waals surface area contributed by atoms with Gasteiger partial charge in [0.05, 0.1) is 0 Å². The average molecular weight is 350 g/mol. The lowest BCUT2D eigenvalue weighted by molar-refractivity contribution is 0.762. The zero-order valence-electron chi connectivity index (χ0n) is 16.5. The molecule has 0 spiro atoms. The summed E-state index contributed by atoms with van der Waals surface area (Å²) in [6.07, 6.45) is 5.64. The second kappa shape index (κ2) is 8.63. The molecule has 1 atom stereocenters. The number of benzene rings is 2. The van der Waals surface area contributed by atoms with Gasteiger partial charge in [-0.2, -0.15) is 0 Å². The van der Waals surface area contributed by atoms with Crippen molar-refractivity contribution in [1.29, 1.82) is 0 Å². The molecule has 0 saturated carbocycles. The zero-order chi connectivity index (χ0) is 18.4. The quantitative estimate of drug-likeness (QED) is 0.504. The molecule has 0 amide bonds. The molecule has 0 nitrogen and oxygen atoms in total. The predicted molar refractivity (Wildman–Crippen MR) is 116 cm³/mol. The molecule has 0 fully saturated rings. The number of rotatable bonds is 3. The Balaban J connectivity index is 0.00000109. The van der Waals surface area contributed by atoms with Crippen molar-refractivity contribution in [2.24, 2.45) is 0 Å². The fourth-order valence-electron chi connectivity index (χ4n) is 3.72. The van der Waals surface area contributed by atoms with E-state index in [1.54, 1.807) is 5.31 Å². The van der Waals surface area contributed by atoms with E-state index in [1.807, 2.05) is 13.8 Å². The first kappa shape index (κ1) is 19.7. The first-order chi connectivity index (χ1) is 12.1. The molecule has 0 N–H and O–H groups in total. The van der Waals surface area contributed by atoms with Crippen LogP contribution in [-0.2, 0) is 5.16 Å². The van der Waals surface area contributed by atoms with Crippen molar-refractivity contribution in [2.75, 3.05) is 0 Å². The van der Waals surface area contributed by atoms with Crippen LogP contribution in [0.4, 0.5) is 0 Å². The maximum absolute atomic E-state index is 2.42. The summed E-state index contributed by atoms with van der Waals surface area (Å²) >= 11 is 0. The standard InChI is InChI=1S/C22H25P.C2H6/c1-5-12-21-18(6-2)19-15-10-11-16-20(19)22(3,4)23(21)17-13-8-7-9-14-17;1-2/h5,7-16H,6H2,1-4H3;1-2H3. The summed E-state index contributed by atoms with van der Waals surface area (Å²) in [4.78, 5) is 0. The van der Waals surface area contributed by atoms with Crippen molar-refractivity contribution >= 4 is 18.8 Å². The van der Waals surface area contributed by atoms with Crippen LogP contribution < -0.4 is 5.30 Å². The third-order valence-electron chi connectivity index (χ3n) is 4.71. The summed E-state index contributed by atoms with van der Waals surface area (Å²) in [5.74, 6) is 0. The fraction of sp³-hybridized carbons (Fsp3) is 0.333. The van der Waals surface area contributed by atoms with Crippen molar-refractivity contribution in [3.63, 3.8) is 0 Å². The Hall–Kier alpha value is -1.65. The molecule has 1 unspecified atom stereocenters. The highest BCUT2D eigenvalue weighted by Gasteiger charge is 2.40. The predicted octanol–water partition coefficient (Wildman–Crippen LogP) is 7.47. The van der Waals surface area contributed by atoms with Gasteiger partial charge < -0.3 is 0 Å². The second-order valence-corrected chi connectivity index (χ2v) is 9.28. The van der Waals surface area contributed by atoms with E-state index in [2.05, 4.69) is 94.4 Å². The summed E-state index contributed by atoms with van der Waals surface area (Å²) < 4.78 is 0. The smallest absolute Gasteiger partial charge is 0.0184 e. The summed E-state index contributed by atoms with van der Waals surface area (Å²) in [5, 5.41) is 3.15. The average Bonchev–Trinajstić information content (AvgIpc) is 2.65. The third-order valence-corrected chi connectivity index (χ3v) is 7.79. The molecule has 0 aromatic heterocycles. The van der Waals surface area contributed by atoms with Crippen molar-refractivity contribution in [3.05, 3.63) is 83.2 Å². The topological polar surface area (TPSA) is 0 Å². The molecule has 1 aliphatic rings. The first-order valence-electron chi connectivity index (χ1n) is 9.42. The van der Waals surface area contributed by atoms with E-state index < -0.39 is 7.92 Å². The Bertz CT molecular complexity index is 751. The Labute approximate surface area is 155 Å². The van der Waals surface area contributed by atoms with Gasteiger partial charge in [0.25, 0.3) is 0 Å². The minimum absolute atomic E-state index is 0.140. The van der Waals surface area contributed by atoms with Crippen LogP contribution in [0.1, 0.15) is 59.1 Å². The van der Waals surface area contributed by atoms with Crippen LogP contribution in [0.25, 0.3) is 5.57 Å². The van der Waals surface area contributed by atoms with Crippen LogP contribution >= 0.6 is 7.92 Å². The molecule has 2 aromatic rings. The molecule has 132 valence electrons. The molecule has 0 bridgehead atoms. The van der Waals surface area contributed by atoms with Crippen molar-refractivity contribution < 1.29 is 0 Å². The monoisotopic (exact) mass is 350 g/mol. The van der Waals surface area contributed by atoms with Gasteiger partial charge in [-0.1, -0.05) is 101 Å². The fourth-order valence-corrected chi connectivity index (χ4v) is 7.00.